The lowest BCUT2D eigenvalue weighted by atomic mass is 10.2. The van der Waals surface area contributed by atoms with Gasteiger partial charge in [-0.1, -0.05) is 0 Å². The highest BCUT2D eigenvalue weighted by Gasteiger charge is 2.08. The molecule has 1 aromatic rings. The van der Waals surface area contributed by atoms with E-state index in [1.165, 1.54) is 0 Å². The third kappa shape index (κ3) is 1.95. The average molecular weight is 231 g/mol. The number of aromatic nitrogens is 1. The van der Waals surface area contributed by atoms with Crippen molar-refractivity contribution in [1.29, 1.82) is 0 Å². The maximum Gasteiger partial charge on any atom is 0.143 e. The molecule has 2 N–H and O–H groups in total. The summed E-state index contributed by atoms with van der Waals surface area (Å²) >= 11 is 3.30. The highest BCUT2D eigenvalue weighted by atomic mass is 79.9. The molecule has 1 rings (SSSR count). The lowest BCUT2D eigenvalue weighted by Crippen LogP contribution is -2.09. The number of pyridine rings is 1. The summed E-state index contributed by atoms with van der Waals surface area (Å²) in [5, 5.41) is 0. The van der Waals surface area contributed by atoms with E-state index in [0.717, 1.165) is 15.9 Å². The van der Waals surface area contributed by atoms with Gasteiger partial charge in [0.2, 0.25) is 0 Å². The standard InChI is InChI=1S/C8H11BrN2O/c1-5(10)8-7(12-2)3-6(9)4-11-8/h3-5H,10H2,1-2H3/t5-/m1/s1. The van der Waals surface area contributed by atoms with Crippen molar-refractivity contribution in [3.05, 3.63) is 22.4 Å². The quantitative estimate of drug-likeness (QED) is 0.845. The topological polar surface area (TPSA) is 48.1 Å². The Bertz CT molecular complexity index is 276. The molecule has 0 bridgehead atoms. The molecule has 3 nitrogen and oxygen atoms in total. The van der Waals surface area contributed by atoms with Gasteiger partial charge >= 0.3 is 0 Å². The summed E-state index contributed by atoms with van der Waals surface area (Å²) in [5.41, 5.74) is 6.46. The molecule has 0 aliphatic heterocycles. The number of nitrogens with zero attached hydrogens (tertiary/aromatic N) is 1. The number of ether oxygens (including phenoxy) is 1. The first-order chi connectivity index (χ1) is 5.65. The highest BCUT2D eigenvalue weighted by Crippen LogP contribution is 2.24. The summed E-state index contributed by atoms with van der Waals surface area (Å²) in [4.78, 5) is 4.15. The van der Waals surface area contributed by atoms with Gasteiger partial charge in [0, 0.05) is 16.7 Å². The number of hydrogen-bond donors (Lipinski definition) is 1. The van der Waals surface area contributed by atoms with Crippen molar-refractivity contribution in [3.8, 4) is 5.75 Å². The van der Waals surface area contributed by atoms with E-state index in [4.69, 9.17) is 10.5 Å². The summed E-state index contributed by atoms with van der Waals surface area (Å²) in [7, 11) is 1.61. The van der Waals surface area contributed by atoms with E-state index in [1.54, 1.807) is 13.3 Å². The van der Waals surface area contributed by atoms with E-state index in [1.807, 2.05) is 13.0 Å². The Hall–Kier alpha value is -0.610. The van der Waals surface area contributed by atoms with E-state index in [2.05, 4.69) is 20.9 Å². The van der Waals surface area contributed by atoms with Crippen molar-refractivity contribution < 1.29 is 4.74 Å². The Morgan fingerprint density at radius 1 is 1.67 bits per heavy atom. The van der Waals surface area contributed by atoms with Gasteiger partial charge in [-0.3, -0.25) is 4.98 Å². The van der Waals surface area contributed by atoms with Gasteiger partial charge in [-0.15, -0.1) is 0 Å². The average Bonchev–Trinajstić information content (AvgIpc) is 2.03. The molecular weight excluding hydrogens is 220 g/mol. The summed E-state index contributed by atoms with van der Waals surface area (Å²) < 4.78 is 6.01. The third-order valence-electron chi connectivity index (χ3n) is 1.50. The second-order valence-corrected chi connectivity index (χ2v) is 3.45. The summed E-state index contributed by atoms with van der Waals surface area (Å²) in [6.45, 7) is 1.87. The fourth-order valence-electron chi connectivity index (χ4n) is 0.937. The van der Waals surface area contributed by atoms with Gasteiger partial charge in [-0.25, -0.2) is 0 Å². The molecule has 0 aliphatic rings. The van der Waals surface area contributed by atoms with Crippen LogP contribution >= 0.6 is 15.9 Å². The molecule has 0 aromatic carbocycles. The minimum atomic E-state index is -0.104. The van der Waals surface area contributed by atoms with Crippen LogP contribution in [0.15, 0.2) is 16.7 Å². The smallest absolute Gasteiger partial charge is 0.143 e. The Balaban J connectivity index is 3.11. The summed E-state index contributed by atoms with van der Waals surface area (Å²) in [5.74, 6) is 0.722. The highest BCUT2D eigenvalue weighted by molar-refractivity contribution is 9.10. The number of rotatable bonds is 2. The Labute approximate surface area is 80.1 Å². The predicted octanol–water partition coefficient (Wildman–Crippen LogP) is 1.87. The van der Waals surface area contributed by atoms with Gasteiger partial charge in [0.15, 0.2) is 0 Å². The Kier molecular flexibility index (Phi) is 3.05. The molecule has 0 amide bonds. The molecule has 0 saturated carbocycles. The van der Waals surface area contributed by atoms with Crippen LogP contribution in [0.3, 0.4) is 0 Å². The molecule has 66 valence electrons. The monoisotopic (exact) mass is 230 g/mol. The summed E-state index contributed by atoms with van der Waals surface area (Å²) in [6, 6.07) is 1.75. The van der Waals surface area contributed by atoms with Crippen LogP contribution in [0.1, 0.15) is 18.7 Å². The van der Waals surface area contributed by atoms with E-state index in [0.29, 0.717) is 0 Å². The Morgan fingerprint density at radius 2 is 2.33 bits per heavy atom. The SMILES string of the molecule is COc1cc(Br)cnc1[C@@H](C)N. The largest absolute Gasteiger partial charge is 0.495 e. The van der Waals surface area contributed by atoms with Gasteiger partial charge in [-0.2, -0.15) is 0 Å². The van der Waals surface area contributed by atoms with Gasteiger partial charge < -0.3 is 10.5 Å². The van der Waals surface area contributed by atoms with Crippen LogP contribution in [0.2, 0.25) is 0 Å². The van der Waals surface area contributed by atoms with Crippen molar-refractivity contribution in [2.45, 2.75) is 13.0 Å². The van der Waals surface area contributed by atoms with Crippen LogP contribution in [0.5, 0.6) is 5.75 Å². The minimum Gasteiger partial charge on any atom is -0.495 e. The molecule has 1 aromatic heterocycles. The lowest BCUT2D eigenvalue weighted by Gasteiger charge is -2.09. The molecule has 1 atom stereocenters. The van der Waals surface area contributed by atoms with Gasteiger partial charge in [0.05, 0.1) is 12.8 Å². The van der Waals surface area contributed by atoms with Crippen LogP contribution in [0.4, 0.5) is 0 Å². The molecular formula is C8H11BrN2O. The van der Waals surface area contributed by atoms with Crippen molar-refractivity contribution in [1.82, 2.24) is 4.98 Å². The fraction of sp³-hybridized carbons (Fsp3) is 0.375. The molecule has 4 heteroatoms. The molecule has 1 heterocycles. The molecule has 0 unspecified atom stereocenters. The number of hydrogen-bond acceptors (Lipinski definition) is 3. The van der Waals surface area contributed by atoms with Crippen LogP contribution in [0.25, 0.3) is 0 Å². The van der Waals surface area contributed by atoms with Crippen LogP contribution in [0, 0.1) is 0 Å². The van der Waals surface area contributed by atoms with Gasteiger partial charge in [0.25, 0.3) is 0 Å². The number of methoxy groups -OCH3 is 1. The van der Waals surface area contributed by atoms with Crippen LogP contribution in [-0.4, -0.2) is 12.1 Å². The number of nitrogens with two attached hydrogens (primary N) is 1. The first-order valence-corrected chi connectivity index (χ1v) is 4.39. The number of halogens is 1. The fourth-order valence-corrected chi connectivity index (χ4v) is 1.25. The zero-order valence-corrected chi connectivity index (χ0v) is 8.63. The molecule has 0 fully saturated rings. The second-order valence-electron chi connectivity index (χ2n) is 2.53. The first-order valence-electron chi connectivity index (χ1n) is 3.60. The molecule has 0 spiro atoms. The van der Waals surface area contributed by atoms with E-state index < -0.39 is 0 Å². The Morgan fingerprint density at radius 3 is 2.83 bits per heavy atom. The van der Waals surface area contributed by atoms with Gasteiger partial charge in [0.1, 0.15) is 5.75 Å². The zero-order chi connectivity index (χ0) is 9.14. The van der Waals surface area contributed by atoms with Crippen LogP contribution < -0.4 is 10.5 Å². The van der Waals surface area contributed by atoms with E-state index >= 15 is 0 Å². The second kappa shape index (κ2) is 3.87. The van der Waals surface area contributed by atoms with E-state index in [-0.39, 0.29) is 6.04 Å². The molecule has 0 aliphatic carbocycles. The van der Waals surface area contributed by atoms with E-state index in [9.17, 15) is 0 Å². The van der Waals surface area contributed by atoms with Crippen molar-refractivity contribution in [3.63, 3.8) is 0 Å². The maximum absolute atomic E-state index is 5.68. The first kappa shape index (κ1) is 9.48. The van der Waals surface area contributed by atoms with Crippen molar-refractivity contribution >= 4 is 15.9 Å². The lowest BCUT2D eigenvalue weighted by molar-refractivity contribution is 0.403. The van der Waals surface area contributed by atoms with Crippen LogP contribution in [-0.2, 0) is 0 Å². The van der Waals surface area contributed by atoms with Crippen molar-refractivity contribution in [2.75, 3.05) is 7.11 Å². The molecule has 0 saturated heterocycles. The zero-order valence-electron chi connectivity index (χ0n) is 7.04. The maximum atomic E-state index is 5.68. The molecule has 12 heavy (non-hydrogen) atoms. The minimum absolute atomic E-state index is 0.104. The van der Waals surface area contributed by atoms with Crippen molar-refractivity contribution in [2.24, 2.45) is 5.73 Å². The summed E-state index contributed by atoms with van der Waals surface area (Å²) in [6.07, 6.45) is 1.71. The normalized spacial score (nSPS) is 12.7. The van der Waals surface area contributed by atoms with Gasteiger partial charge in [-0.05, 0) is 28.9 Å². The molecule has 0 radical (unpaired) electrons. The third-order valence-corrected chi connectivity index (χ3v) is 1.93. The predicted molar refractivity (Wildman–Crippen MR) is 51.1 cm³/mol.